The van der Waals surface area contributed by atoms with E-state index in [0.717, 1.165) is 49.6 Å². The maximum absolute atomic E-state index is 12.2. The van der Waals surface area contributed by atoms with Crippen LogP contribution < -0.4 is 5.32 Å². The van der Waals surface area contributed by atoms with Gasteiger partial charge in [0.05, 0.1) is 12.1 Å². The molecule has 0 atom stereocenters. The summed E-state index contributed by atoms with van der Waals surface area (Å²) >= 11 is 0. The van der Waals surface area contributed by atoms with E-state index >= 15 is 0 Å². The fourth-order valence-electron chi connectivity index (χ4n) is 2.11. The molecule has 102 valence electrons. The van der Waals surface area contributed by atoms with Crippen molar-refractivity contribution >= 4 is 18.3 Å². The highest BCUT2D eigenvalue weighted by atomic mass is 35.5. The SMILES string of the molecule is Cc1noc(C)c1CC(=O)N1CCCNCC1.Cl. The van der Waals surface area contributed by atoms with Gasteiger partial charge < -0.3 is 14.7 Å². The van der Waals surface area contributed by atoms with Crippen LogP contribution in [0.5, 0.6) is 0 Å². The Morgan fingerprint density at radius 3 is 2.83 bits per heavy atom. The van der Waals surface area contributed by atoms with Gasteiger partial charge in [0.1, 0.15) is 5.76 Å². The quantitative estimate of drug-likeness (QED) is 0.876. The van der Waals surface area contributed by atoms with Gasteiger partial charge in [-0.15, -0.1) is 12.4 Å². The van der Waals surface area contributed by atoms with Crippen molar-refractivity contribution in [3.63, 3.8) is 0 Å². The lowest BCUT2D eigenvalue weighted by Gasteiger charge is -2.19. The Balaban J connectivity index is 0.00000162. The summed E-state index contributed by atoms with van der Waals surface area (Å²) in [6.07, 6.45) is 1.43. The molecule has 1 saturated heterocycles. The second kappa shape index (κ2) is 6.75. The third-order valence-electron chi connectivity index (χ3n) is 3.20. The lowest BCUT2D eigenvalue weighted by Crippen LogP contribution is -2.35. The topological polar surface area (TPSA) is 58.4 Å². The van der Waals surface area contributed by atoms with Gasteiger partial charge in [-0.1, -0.05) is 5.16 Å². The highest BCUT2D eigenvalue weighted by molar-refractivity contribution is 5.85. The average Bonchev–Trinajstić information content (AvgIpc) is 2.59. The molecule has 0 saturated carbocycles. The molecular formula is C12H20ClN3O2. The van der Waals surface area contributed by atoms with Crippen LogP contribution in [-0.4, -0.2) is 42.1 Å². The number of carbonyl (C=O) groups excluding carboxylic acids is 1. The molecule has 0 bridgehead atoms. The van der Waals surface area contributed by atoms with Crippen LogP contribution in [0.2, 0.25) is 0 Å². The zero-order valence-electron chi connectivity index (χ0n) is 10.9. The average molecular weight is 274 g/mol. The van der Waals surface area contributed by atoms with Crippen LogP contribution in [0.3, 0.4) is 0 Å². The number of rotatable bonds is 2. The number of aryl methyl sites for hydroxylation is 2. The molecule has 5 nitrogen and oxygen atoms in total. The van der Waals surface area contributed by atoms with E-state index < -0.39 is 0 Å². The molecule has 1 aromatic rings. The molecular weight excluding hydrogens is 254 g/mol. The van der Waals surface area contributed by atoms with Crippen molar-refractivity contribution in [2.24, 2.45) is 0 Å². The molecule has 2 rings (SSSR count). The third kappa shape index (κ3) is 3.46. The van der Waals surface area contributed by atoms with Crippen LogP contribution in [0.1, 0.15) is 23.4 Å². The first-order valence-corrected chi connectivity index (χ1v) is 6.08. The molecule has 6 heteroatoms. The summed E-state index contributed by atoms with van der Waals surface area (Å²) in [6, 6.07) is 0. The first-order chi connectivity index (χ1) is 8.18. The molecule has 0 unspecified atom stereocenters. The van der Waals surface area contributed by atoms with E-state index in [9.17, 15) is 4.79 Å². The standard InChI is InChI=1S/C12H19N3O2.ClH/c1-9-11(10(2)17-14-9)8-12(16)15-6-3-4-13-5-7-15;/h13H,3-8H2,1-2H3;1H. The van der Waals surface area contributed by atoms with E-state index in [4.69, 9.17) is 4.52 Å². The first kappa shape index (κ1) is 15.0. The minimum absolute atomic E-state index is 0. The van der Waals surface area contributed by atoms with Crippen molar-refractivity contribution in [3.8, 4) is 0 Å². The maximum atomic E-state index is 12.2. The number of aromatic nitrogens is 1. The Morgan fingerprint density at radius 1 is 1.39 bits per heavy atom. The van der Waals surface area contributed by atoms with E-state index in [1.807, 2.05) is 18.7 Å². The summed E-state index contributed by atoms with van der Waals surface area (Å²) in [5, 5.41) is 7.16. The Morgan fingerprint density at radius 2 is 2.17 bits per heavy atom. The minimum atomic E-state index is 0. The number of amides is 1. The van der Waals surface area contributed by atoms with Gasteiger partial charge in [0.2, 0.25) is 5.91 Å². The molecule has 0 radical (unpaired) electrons. The van der Waals surface area contributed by atoms with Crippen LogP contribution in [0.25, 0.3) is 0 Å². The molecule has 0 spiro atoms. The minimum Gasteiger partial charge on any atom is -0.361 e. The monoisotopic (exact) mass is 273 g/mol. The zero-order chi connectivity index (χ0) is 12.3. The van der Waals surface area contributed by atoms with E-state index in [1.54, 1.807) is 0 Å². The molecule has 1 amide bonds. The third-order valence-corrected chi connectivity index (χ3v) is 3.20. The van der Waals surface area contributed by atoms with Crippen molar-refractivity contribution < 1.29 is 9.32 Å². The van der Waals surface area contributed by atoms with Gasteiger partial charge in [-0.05, 0) is 26.8 Å². The van der Waals surface area contributed by atoms with Crippen molar-refractivity contribution in [1.29, 1.82) is 0 Å². The molecule has 1 aliphatic rings. The van der Waals surface area contributed by atoms with Crippen LogP contribution in [-0.2, 0) is 11.2 Å². The van der Waals surface area contributed by atoms with Gasteiger partial charge in [0, 0.05) is 25.2 Å². The van der Waals surface area contributed by atoms with E-state index in [2.05, 4.69) is 10.5 Å². The molecule has 1 aliphatic heterocycles. The Labute approximate surface area is 113 Å². The normalized spacial score (nSPS) is 16.0. The van der Waals surface area contributed by atoms with Crippen molar-refractivity contribution in [3.05, 3.63) is 17.0 Å². The smallest absolute Gasteiger partial charge is 0.227 e. The lowest BCUT2D eigenvalue weighted by atomic mass is 10.1. The number of hydrogen-bond donors (Lipinski definition) is 1. The molecule has 1 fully saturated rings. The van der Waals surface area contributed by atoms with Gasteiger partial charge in [-0.3, -0.25) is 4.79 Å². The highest BCUT2D eigenvalue weighted by Gasteiger charge is 2.19. The summed E-state index contributed by atoms with van der Waals surface area (Å²) in [5.41, 5.74) is 1.76. The van der Waals surface area contributed by atoms with Crippen molar-refractivity contribution in [2.75, 3.05) is 26.2 Å². The maximum Gasteiger partial charge on any atom is 0.227 e. The fourth-order valence-corrected chi connectivity index (χ4v) is 2.11. The second-order valence-corrected chi connectivity index (χ2v) is 4.46. The van der Waals surface area contributed by atoms with E-state index in [0.29, 0.717) is 6.42 Å². The van der Waals surface area contributed by atoms with E-state index in [1.165, 1.54) is 0 Å². The lowest BCUT2D eigenvalue weighted by molar-refractivity contribution is -0.130. The number of hydrogen-bond acceptors (Lipinski definition) is 4. The Kier molecular flexibility index (Phi) is 5.62. The van der Waals surface area contributed by atoms with Crippen LogP contribution in [0.15, 0.2) is 4.52 Å². The molecule has 1 N–H and O–H groups in total. The number of carbonyl (C=O) groups is 1. The summed E-state index contributed by atoms with van der Waals surface area (Å²) in [6.45, 7) is 7.25. The van der Waals surface area contributed by atoms with Gasteiger partial charge >= 0.3 is 0 Å². The zero-order valence-corrected chi connectivity index (χ0v) is 11.7. The van der Waals surface area contributed by atoms with E-state index in [-0.39, 0.29) is 18.3 Å². The second-order valence-electron chi connectivity index (χ2n) is 4.46. The predicted octanol–water partition coefficient (Wildman–Crippen LogP) is 1.08. The molecule has 0 aliphatic carbocycles. The Bertz CT molecular complexity index is 379. The summed E-state index contributed by atoms with van der Waals surface area (Å²) < 4.78 is 5.08. The number of halogens is 1. The molecule has 0 aromatic carbocycles. The van der Waals surface area contributed by atoms with Gasteiger partial charge in [-0.2, -0.15) is 0 Å². The highest BCUT2D eigenvalue weighted by Crippen LogP contribution is 2.14. The number of nitrogens with zero attached hydrogens (tertiary/aromatic N) is 2. The van der Waals surface area contributed by atoms with Crippen molar-refractivity contribution in [2.45, 2.75) is 26.7 Å². The van der Waals surface area contributed by atoms with Crippen LogP contribution >= 0.6 is 12.4 Å². The first-order valence-electron chi connectivity index (χ1n) is 6.08. The van der Waals surface area contributed by atoms with Gasteiger partial charge in [0.15, 0.2) is 0 Å². The molecule has 2 heterocycles. The van der Waals surface area contributed by atoms with Crippen LogP contribution in [0, 0.1) is 13.8 Å². The largest absolute Gasteiger partial charge is 0.361 e. The summed E-state index contributed by atoms with van der Waals surface area (Å²) in [5.74, 6) is 0.923. The van der Waals surface area contributed by atoms with Crippen LogP contribution in [0.4, 0.5) is 0 Å². The molecule has 1 aromatic heterocycles. The summed E-state index contributed by atoms with van der Waals surface area (Å²) in [4.78, 5) is 14.1. The van der Waals surface area contributed by atoms with Crippen molar-refractivity contribution in [1.82, 2.24) is 15.4 Å². The molecule has 18 heavy (non-hydrogen) atoms. The fraction of sp³-hybridized carbons (Fsp3) is 0.667. The predicted molar refractivity (Wildman–Crippen MR) is 71.0 cm³/mol. The number of nitrogens with one attached hydrogen (secondary N) is 1. The summed E-state index contributed by atoms with van der Waals surface area (Å²) in [7, 11) is 0. The van der Waals surface area contributed by atoms with Gasteiger partial charge in [0.25, 0.3) is 0 Å². The Hall–Kier alpha value is -1.07. The van der Waals surface area contributed by atoms with Gasteiger partial charge in [-0.25, -0.2) is 0 Å².